The van der Waals surface area contributed by atoms with E-state index in [1.807, 2.05) is 0 Å². The number of hydrogen-bond donors (Lipinski definition) is 2. The molecule has 1 aromatic carbocycles. The Labute approximate surface area is 235 Å². The van der Waals surface area contributed by atoms with Gasteiger partial charge in [-0.1, -0.05) is 12.1 Å². The summed E-state index contributed by atoms with van der Waals surface area (Å²) in [4.78, 5) is 39.3. The van der Waals surface area contributed by atoms with Crippen LogP contribution >= 0.6 is 0 Å². The molecule has 14 heteroatoms. The van der Waals surface area contributed by atoms with Crippen LogP contribution in [-0.2, 0) is 11.0 Å². The van der Waals surface area contributed by atoms with Crippen LogP contribution < -0.4 is 11.1 Å². The summed E-state index contributed by atoms with van der Waals surface area (Å²) in [5, 5.41) is 2.36. The third-order valence-electron chi connectivity index (χ3n) is 7.79. The average Bonchev–Trinajstić information content (AvgIpc) is 3.36. The lowest BCUT2D eigenvalue weighted by Crippen LogP contribution is -2.58. The van der Waals surface area contributed by atoms with E-state index in [0.29, 0.717) is 29.0 Å². The minimum absolute atomic E-state index is 0.0998. The molecule has 42 heavy (non-hydrogen) atoms. The van der Waals surface area contributed by atoms with Crippen LogP contribution in [0.2, 0.25) is 0 Å². The number of hydrogen-bond acceptors (Lipinski definition) is 6. The number of rotatable bonds is 4. The van der Waals surface area contributed by atoms with Gasteiger partial charge in [-0.25, -0.2) is 23.7 Å². The van der Waals surface area contributed by atoms with Crippen molar-refractivity contribution in [2.24, 2.45) is 0 Å². The summed E-state index contributed by atoms with van der Waals surface area (Å²) in [6.45, 7) is 0.0998. The fourth-order valence-corrected chi connectivity index (χ4v) is 5.70. The van der Waals surface area contributed by atoms with Crippen molar-refractivity contribution >= 4 is 29.0 Å². The van der Waals surface area contributed by atoms with Crippen molar-refractivity contribution in [3.05, 3.63) is 71.9 Å². The summed E-state index contributed by atoms with van der Waals surface area (Å²) < 4.78 is 69.8. The number of benzene rings is 1. The Balaban J connectivity index is 1.28. The number of nitrogens with zero attached hydrogens (tertiary/aromatic N) is 5. The van der Waals surface area contributed by atoms with Crippen molar-refractivity contribution in [3.63, 3.8) is 0 Å². The number of imidazole rings is 1. The number of anilines is 2. The Bertz CT molecular complexity index is 1690. The Hall–Kier alpha value is -4.62. The number of carbonyl (C=O) groups excluding carboxylic acids is 2. The molecule has 0 bridgehead atoms. The van der Waals surface area contributed by atoms with Crippen LogP contribution in [0.1, 0.15) is 53.3 Å². The van der Waals surface area contributed by atoms with Gasteiger partial charge in [0, 0.05) is 55.0 Å². The number of nitrogen functional groups attached to an aromatic ring is 1. The molecule has 0 radical (unpaired) electrons. The van der Waals surface area contributed by atoms with Gasteiger partial charge in [0.2, 0.25) is 5.91 Å². The van der Waals surface area contributed by atoms with E-state index in [2.05, 4.69) is 15.3 Å². The van der Waals surface area contributed by atoms with Crippen LogP contribution in [0, 0.1) is 0 Å². The molecule has 3 aromatic heterocycles. The number of piperidine rings is 2. The molecule has 2 fully saturated rings. The van der Waals surface area contributed by atoms with Gasteiger partial charge >= 0.3 is 6.18 Å². The predicted molar refractivity (Wildman–Crippen MR) is 142 cm³/mol. The van der Waals surface area contributed by atoms with Crippen molar-refractivity contribution in [1.82, 2.24) is 24.3 Å². The maximum absolute atomic E-state index is 14.5. The lowest BCUT2D eigenvalue weighted by Gasteiger charge is -2.45. The van der Waals surface area contributed by atoms with E-state index in [4.69, 9.17) is 10.7 Å². The van der Waals surface area contributed by atoms with Crippen LogP contribution in [-0.4, -0.2) is 54.6 Å². The molecular weight excluding hydrogens is 561 g/mol. The molecule has 4 aromatic rings. The normalized spacial score (nSPS) is 20.4. The van der Waals surface area contributed by atoms with Crippen molar-refractivity contribution in [2.75, 3.05) is 17.6 Å². The summed E-state index contributed by atoms with van der Waals surface area (Å²) in [5.74, 6) is -3.74. The Kier molecular flexibility index (Phi) is 6.58. The molecule has 3 N–H and O–H groups in total. The fraction of sp³-hybridized carbons (Fsp3) is 0.321. The second kappa shape index (κ2) is 10.0. The highest BCUT2D eigenvalue weighted by molar-refractivity contribution is 6.04. The number of aromatic nitrogens is 4. The van der Waals surface area contributed by atoms with E-state index in [1.165, 1.54) is 23.2 Å². The summed E-state index contributed by atoms with van der Waals surface area (Å²) >= 11 is 0. The van der Waals surface area contributed by atoms with Crippen molar-refractivity contribution in [2.45, 2.75) is 49.7 Å². The van der Waals surface area contributed by atoms with Crippen LogP contribution in [0.15, 0.2) is 55.0 Å². The van der Waals surface area contributed by atoms with Gasteiger partial charge in [0.1, 0.15) is 28.7 Å². The molecular formula is C28H24F5N7O2. The highest BCUT2D eigenvalue weighted by Gasteiger charge is 2.51. The summed E-state index contributed by atoms with van der Waals surface area (Å²) in [5.41, 5.74) is 6.94. The number of nitrogens with one attached hydrogen (secondary N) is 1. The SMILES string of the molecule is Nc1nccn2c([C@H]3CC[C@@H]4N(C3)C(=O)CCC4(F)F)nc(-c3ccc(C(=O)Nc4cc(C(F)(F)F)ccn4)cc3)c12. The Morgan fingerprint density at radius 1 is 1.07 bits per heavy atom. The van der Waals surface area contributed by atoms with E-state index in [-0.39, 0.29) is 48.4 Å². The molecule has 2 saturated heterocycles. The van der Waals surface area contributed by atoms with Crippen LogP contribution in [0.5, 0.6) is 0 Å². The van der Waals surface area contributed by atoms with Gasteiger partial charge in [-0.15, -0.1) is 0 Å². The number of amides is 2. The largest absolute Gasteiger partial charge is 0.416 e. The average molecular weight is 586 g/mol. The first-order valence-electron chi connectivity index (χ1n) is 13.2. The molecule has 0 unspecified atom stereocenters. The molecule has 2 aliphatic rings. The first-order valence-corrected chi connectivity index (χ1v) is 13.2. The molecule has 2 aliphatic heterocycles. The zero-order valence-corrected chi connectivity index (χ0v) is 21.9. The minimum Gasteiger partial charge on any atom is -0.382 e. The number of fused-ring (bicyclic) bond motifs is 2. The van der Waals surface area contributed by atoms with Crippen LogP contribution in [0.25, 0.3) is 16.8 Å². The van der Waals surface area contributed by atoms with E-state index < -0.39 is 36.0 Å². The van der Waals surface area contributed by atoms with Crippen LogP contribution in [0.3, 0.4) is 0 Å². The second-order valence-electron chi connectivity index (χ2n) is 10.4. The Morgan fingerprint density at radius 2 is 1.83 bits per heavy atom. The zero-order valence-electron chi connectivity index (χ0n) is 21.9. The maximum Gasteiger partial charge on any atom is 0.416 e. The zero-order chi connectivity index (χ0) is 29.8. The van der Waals surface area contributed by atoms with E-state index >= 15 is 0 Å². The standard InChI is InChI=1S/C28H24F5N7O2/c29-27(30)9-7-21(41)40-14-17(5-6-19(27)40)25-38-22(23-24(34)36-11-12-39(23)25)15-1-3-16(4-2-15)26(42)37-20-13-18(8-10-35-20)28(31,32)33/h1-4,8,10-13,17,19H,5-7,9,14H2,(H2,34,36)(H,35,37,42)/t17-,19-/m0/s1. The van der Waals surface area contributed by atoms with E-state index in [1.54, 1.807) is 22.7 Å². The third-order valence-corrected chi connectivity index (χ3v) is 7.79. The van der Waals surface area contributed by atoms with Gasteiger partial charge in [0.15, 0.2) is 0 Å². The van der Waals surface area contributed by atoms with Crippen molar-refractivity contribution in [1.29, 1.82) is 0 Å². The fourth-order valence-electron chi connectivity index (χ4n) is 5.70. The molecule has 5 heterocycles. The first-order chi connectivity index (χ1) is 19.9. The number of pyridine rings is 1. The number of carbonyl (C=O) groups is 2. The van der Waals surface area contributed by atoms with E-state index in [0.717, 1.165) is 18.3 Å². The minimum atomic E-state index is -4.58. The third kappa shape index (κ3) is 4.90. The molecule has 0 saturated carbocycles. The van der Waals surface area contributed by atoms with Gasteiger partial charge in [-0.2, -0.15) is 13.2 Å². The summed E-state index contributed by atoms with van der Waals surface area (Å²) in [6, 6.07) is 6.60. The monoisotopic (exact) mass is 585 g/mol. The highest BCUT2D eigenvalue weighted by Crippen LogP contribution is 2.43. The number of alkyl halides is 5. The molecule has 6 rings (SSSR count). The maximum atomic E-state index is 14.5. The Morgan fingerprint density at radius 3 is 2.57 bits per heavy atom. The summed E-state index contributed by atoms with van der Waals surface area (Å²) in [6.07, 6.45) is -0.572. The first kappa shape index (κ1) is 27.5. The molecule has 218 valence electrons. The second-order valence-corrected chi connectivity index (χ2v) is 10.4. The molecule has 2 atom stereocenters. The molecule has 0 spiro atoms. The predicted octanol–water partition coefficient (Wildman–Crippen LogP) is 5.15. The van der Waals surface area contributed by atoms with Crippen molar-refractivity contribution in [3.8, 4) is 11.3 Å². The van der Waals surface area contributed by atoms with Gasteiger partial charge in [-0.3, -0.25) is 14.0 Å². The van der Waals surface area contributed by atoms with Crippen LogP contribution in [0.4, 0.5) is 33.6 Å². The molecule has 2 amide bonds. The smallest absolute Gasteiger partial charge is 0.382 e. The molecule has 9 nitrogen and oxygen atoms in total. The van der Waals surface area contributed by atoms with Gasteiger partial charge in [0.05, 0.1) is 11.6 Å². The van der Waals surface area contributed by atoms with Crippen molar-refractivity contribution < 1.29 is 31.5 Å². The highest BCUT2D eigenvalue weighted by atomic mass is 19.4. The van der Waals surface area contributed by atoms with Gasteiger partial charge in [0.25, 0.3) is 11.8 Å². The quantitative estimate of drug-likeness (QED) is 0.320. The van der Waals surface area contributed by atoms with Gasteiger partial charge < -0.3 is 16.0 Å². The lowest BCUT2D eigenvalue weighted by atomic mass is 9.84. The van der Waals surface area contributed by atoms with E-state index in [9.17, 15) is 31.5 Å². The van der Waals surface area contributed by atoms with Gasteiger partial charge in [-0.05, 0) is 37.1 Å². The lowest BCUT2D eigenvalue weighted by molar-refractivity contribution is -0.166. The molecule has 0 aliphatic carbocycles. The number of halogens is 5. The topological polar surface area (TPSA) is 119 Å². The summed E-state index contributed by atoms with van der Waals surface area (Å²) in [7, 11) is 0. The number of nitrogens with two attached hydrogens (primary N) is 1.